The lowest BCUT2D eigenvalue weighted by Crippen LogP contribution is -2.21. The van der Waals surface area contributed by atoms with Gasteiger partial charge >= 0.3 is 0 Å². The molecule has 156 valence electrons. The monoisotopic (exact) mass is 410 g/mol. The Bertz CT molecular complexity index is 1340. The summed E-state index contributed by atoms with van der Waals surface area (Å²) in [6, 6.07) is 23.2. The van der Waals surface area contributed by atoms with Crippen LogP contribution in [0.3, 0.4) is 0 Å². The van der Waals surface area contributed by atoms with Gasteiger partial charge in [0.05, 0.1) is 0 Å². The van der Waals surface area contributed by atoms with Crippen molar-refractivity contribution >= 4 is 27.5 Å². The molecule has 0 amide bonds. The van der Waals surface area contributed by atoms with Gasteiger partial charge in [0.1, 0.15) is 0 Å². The van der Waals surface area contributed by atoms with Gasteiger partial charge in [0.2, 0.25) is 11.8 Å². The Morgan fingerprint density at radius 2 is 1.39 bits per heavy atom. The Balaban J connectivity index is 1.51. The van der Waals surface area contributed by atoms with Crippen LogP contribution in [0.1, 0.15) is 20.8 Å². The van der Waals surface area contributed by atoms with Crippen molar-refractivity contribution in [3.63, 3.8) is 0 Å². The van der Waals surface area contributed by atoms with Crippen LogP contribution in [0.25, 0.3) is 44.7 Å². The molecular formula is C26H26N4O. The first-order valence-electron chi connectivity index (χ1n) is 10.9. The number of hydrogen-bond donors (Lipinski definition) is 0. The quantitative estimate of drug-likeness (QED) is 0.326. The fourth-order valence-corrected chi connectivity index (χ4v) is 4.39. The van der Waals surface area contributed by atoms with E-state index in [0.29, 0.717) is 11.8 Å². The summed E-state index contributed by atoms with van der Waals surface area (Å²) in [7, 11) is 0. The SMILES string of the molecule is CCN(CC)c1ccc(-c2nnc(-c3ccc4c(c3)c3ccccc3n4CC)o2)cc1. The van der Waals surface area contributed by atoms with Crippen LogP contribution < -0.4 is 4.90 Å². The summed E-state index contributed by atoms with van der Waals surface area (Å²) < 4.78 is 8.40. The molecule has 0 unspecified atom stereocenters. The van der Waals surface area contributed by atoms with Crippen molar-refractivity contribution in [2.24, 2.45) is 0 Å². The van der Waals surface area contributed by atoms with Gasteiger partial charge in [-0.3, -0.25) is 0 Å². The van der Waals surface area contributed by atoms with Crippen LogP contribution >= 0.6 is 0 Å². The number of aryl methyl sites for hydroxylation is 1. The molecule has 0 aliphatic rings. The molecule has 3 aromatic carbocycles. The van der Waals surface area contributed by atoms with Crippen molar-refractivity contribution in [2.75, 3.05) is 18.0 Å². The zero-order valence-electron chi connectivity index (χ0n) is 18.2. The van der Waals surface area contributed by atoms with Gasteiger partial charge in [0.25, 0.3) is 0 Å². The van der Waals surface area contributed by atoms with Crippen LogP contribution in [-0.4, -0.2) is 27.9 Å². The number of para-hydroxylation sites is 1. The Hall–Kier alpha value is -3.60. The van der Waals surface area contributed by atoms with Crippen molar-refractivity contribution in [3.8, 4) is 22.9 Å². The third-order valence-electron chi connectivity index (χ3n) is 6.00. The molecule has 0 spiro atoms. The molecule has 0 bridgehead atoms. The van der Waals surface area contributed by atoms with E-state index in [2.05, 4.69) is 95.0 Å². The molecule has 5 aromatic rings. The molecule has 0 aliphatic heterocycles. The summed E-state index contributed by atoms with van der Waals surface area (Å²) in [5.74, 6) is 1.08. The standard InChI is InChI=1S/C26H26N4O/c1-4-29(5-2)20-14-11-18(12-15-20)25-27-28-26(31-25)19-13-16-24-22(17-19)21-9-7-8-10-23(21)30(24)6-3/h7-17H,4-6H2,1-3H3. The lowest BCUT2D eigenvalue weighted by molar-refractivity contribution is 0.584. The molecule has 2 heterocycles. The van der Waals surface area contributed by atoms with E-state index in [0.717, 1.165) is 30.8 Å². The molecule has 0 fully saturated rings. The minimum atomic E-state index is 0.539. The minimum Gasteiger partial charge on any atom is -0.416 e. The number of aromatic nitrogens is 3. The third kappa shape index (κ3) is 3.26. The molecule has 5 nitrogen and oxygen atoms in total. The number of anilines is 1. The second kappa shape index (κ2) is 7.91. The minimum absolute atomic E-state index is 0.539. The largest absolute Gasteiger partial charge is 0.416 e. The highest BCUT2D eigenvalue weighted by Gasteiger charge is 2.14. The molecule has 0 atom stereocenters. The lowest BCUT2D eigenvalue weighted by Gasteiger charge is -2.20. The maximum absolute atomic E-state index is 6.06. The Kier molecular flexibility index (Phi) is 4.94. The summed E-state index contributed by atoms with van der Waals surface area (Å²) in [5, 5.41) is 11.1. The number of benzene rings is 3. The van der Waals surface area contributed by atoms with Gasteiger partial charge in [-0.05, 0) is 69.3 Å². The van der Waals surface area contributed by atoms with E-state index >= 15 is 0 Å². The second-order valence-corrected chi connectivity index (χ2v) is 7.62. The number of rotatable bonds is 6. The number of hydrogen-bond acceptors (Lipinski definition) is 4. The summed E-state index contributed by atoms with van der Waals surface area (Å²) >= 11 is 0. The van der Waals surface area contributed by atoms with Gasteiger partial charge in [-0.15, -0.1) is 10.2 Å². The smallest absolute Gasteiger partial charge is 0.248 e. The highest BCUT2D eigenvalue weighted by Crippen LogP contribution is 2.33. The van der Waals surface area contributed by atoms with Gasteiger partial charge in [0.15, 0.2) is 0 Å². The van der Waals surface area contributed by atoms with E-state index in [-0.39, 0.29) is 0 Å². The molecule has 0 saturated carbocycles. The average Bonchev–Trinajstić information content (AvgIpc) is 3.43. The first kappa shape index (κ1) is 19.4. The molecule has 0 N–H and O–H groups in total. The van der Waals surface area contributed by atoms with E-state index < -0.39 is 0 Å². The highest BCUT2D eigenvalue weighted by atomic mass is 16.4. The van der Waals surface area contributed by atoms with Crippen LogP contribution in [0, 0.1) is 0 Å². The maximum atomic E-state index is 6.06. The summed E-state index contributed by atoms with van der Waals surface area (Å²) in [4.78, 5) is 2.31. The van der Waals surface area contributed by atoms with Crippen LogP contribution in [0.2, 0.25) is 0 Å². The topological polar surface area (TPSA) is 47.1 Å². The zero-order valence-corrected chi connectivity index (χ0v) is 18.2. The van der Waals surface area contributed by atoms with Gasteiger partial charge in [-0.25, -0.2) is 0 Å². The number of fused-ring (bicyclic) bond motifs is 3. The fraction of sp³-hybridized carbons (Fsp3) is 0.231. The average molecular weight is 411 g/mol. The second-order valence-electron chi connectivity index (χ2n) is 7.62. The van der Waals surface area contributed by atoms with E-state index in [1.807, 2.05) is 12.1 Å². The Labute approximate surface area is 181 Å². The van der Waals surface area contributed by atoms with Gasteiger partial charge < -0.3 is 13.9 Å². The van der Waals surface area contributed by atoms with E-state index in [9.17, 15) is 0 Å². The Morgan fingerprint density at radius 3 is 2.10 bits per heavy atom. The zero-order chi connectivity index (χ0) is 21.4. The van der Waals surface area contributed by atoms with Gasteiger partial charge in [-0.2, -0.15) is 0 Å². The van der Waals surface area contributed by atoms with Crippen LogP contribution in [0.15, 0.2) is 71.1 Å². The lowest BCUT2D eigenvalue weighted by atomic mass is 10.1. The molecule has 5 rings (SSSR count). The normalized spacial score (nSPS) is 11.5. The molecular weight excluding hydrogens is 384 g/mol. The predicted molar refractivity (Wildman–Crippen MR) is 127 cm³/mol. The third-order valence-corrected chi connectivity index (χ3v) is 6.00. The van der Waals surface area contributed by atoms with Crippen molar-refractivity contribution in [2.45, 2.75) is 27.3 Å². The summed E-state index contributed by atoms with van der Waals surface area (Å²) in [6.45, 7) is 9.40. The van der Waals surface area contributed by atoms with E-state index in [1.165, 1.54) is 27.5 Å². The van der Waals surface area contributed by atoms with Crippen molar-refractivity contribution < 1.29 is 4.42 Å². The first-order chi connectivity index (χ1) is 15.2. The van der Waals surface area contributed by atoms with Crippen molar-refractivity contribution in [1.82, 2.24) is 14.8 Å². The summed E-state index contributed by atoms with van der Waals surface area (Å²) in [6.07, 6.45) is 0. The van der Waals surface area contributed by atoms with Crippen molar-refractivity contribution in [1.29, 1.82) is 0 Å². The van der Waals surface area contributed by atoms with Crippen LogP contribution in [0.4, 0.5) is 5.69 Å². The number of nitrogens with zero attached hydrogens (tertiary/aromatic N) is 4. The Morgan fingerprint density at radius 1 is 0.742 bits per heavy atom. The van der Waals surface area contributed by atoms with Gasteiger partial charge in [-0.1, -0.05) is 18.2 Å². The van der Waals surface area contributed by atoms with Crippen LogP contribution in [-0.2, 0) is 6.54 Å². The molecule has 0 radical (unpaired) electrons. The van der Waals surface area contributed by atoms with E-state index in [4.69, 9.17) is 4.42 Å². The van der Waals surface area contributed by atoms with Gasteiger partial charge in [0, 0.05) is 58.3 Å². The maximum Gasteiger partial charge on any atom is 0.248 e. The molecule has 2 aromatic heterocycles. The fourth-order valence-electron chi connectivity index (χ4n) is 4.39. The van der Waals surface area contributed by atoms with Crippen LogP contribution in [0.5, 0.6) is 0 Å². The first-order valence-corrected chi connectivity index (χ1v) is 10.9. The van der Waals surface area contributed by atoms with Crippen molar-refractivity contribution in [3.05, 3.63) is 66.7 Å². The molecule has 5 heteroatoms. The summed E-state index contributed by atoms with van der Waals surface area (Å²) in [5.41, 5.74) is 5.53. The predicted octanol–water partition coefficient (Wildman–Crippen LogP) is 6.38. The molecule has 0 aliphatic carbocycles. The van der Waals surface area contributed by atoms with E-state index in [1.54, 1.807) is 0 Å². The highest BCUT2D eigenvalue weighted by molar-refractivity contribution is 6.09. The molecule has 31 heavy (non-hydrogen) atoms. The molecule has 0 saturated heterocycles.